The maximum absolute atomic E-state index is 11.9. The van der Waals surface area contributed by atoms with Gasteiger partial charge in [-0.2, -0.15) is 0 Å². The summed E-state index contributed by atoms with van der Waals surface area (Å²) in [5.74, 6) is 0. The number of amides is 1. The number of hydrogen-bond acceptors (Lipinski definition) is 2. The molecule has 0 aromatic heterocycles. The van der Waals surface area contributed by atoms with Crippen molar-refractivity contribution in [2.24, 2.45) is 0 Å². The zero-order valence-corrected chi connectivity index (χ0v) is 14.7. The molecule has 0 unspecified atom stereocenters. The summed E-state index contributed by atoms with van der Waals surface area (Å²) in [5.41, 5.74) is 0. The number of carbonyl (C=O) groups excluding carboxylic acids is 1. The lowest BCUT2D eigenvalue weighted by Gasteiger charge is -2.28. The number of rotatable bonds is 11. The van der Waals surface area contributed by atoms with E-state index in [2.05, 4.69) is 6.92 Å². The molecule has 0 atom stereocenters. The Bertz CT molecular complexity index is 277. The Morgan fingerprint density at radius 3 is 2.00 bits per heavy atom. The zero-order chi connectivity index (χ0) is 16.1. The lowest BCUT2D eigenvalue weighted by atomic mass is 10.1. The van der Waals surface area contributed by atoms with Crippen molar-refractivity contribution in [1.29, 1.82) is 0 Å². The van der Waals surface area contributed by atoms with E-state index in [1.807, 2.05) is 33.8 Å². The summed E-state index contributed by atoms with van der Waals surface area (Å²) in [6, 6.07) is 0.322. The molecule has 3 heteroatoms. The second-order valence-electron chi connectivity index (χ2n) is 6.26. The van der Waals surface area contributed by atoms with Crippen LogP contribution >= 0.6 is 0 Å². The van der Waals surface area contributed by atoms with E-state index in [1.54, 1.807) is 11.2 Å². The van der Waals surface area contributed by atoms with Crippen LogP contribution in [0.5, 0.6) is 0 Å². The van der Waals surface area contributed by atoms with Gasteiger partial charge >= 0.3 is 6.09 Å². The number of unbranched alkanes of at least 4 members (excludes halogenated alkanes) is 7. The van der Waals surface area contributed by atoms with Gasteiger partial charge in [-0.3, -0.25) is 0 Å². The van der Waals surface area contributed by atoms with Gasteiger partial charge in [-0.25, -0.2) is 4.79 Å². The van der Waals surface area contributed by atoms with E-state index in [0.717, 1.165) is 6.42 Å². The maximum atomic E-state index is 11.9. The molecule has 21 heavy (non-hydrogen) atoms. The quantitative estimate of drug-likeness (QED) is 0.351. The van der Waals surface area contributed by atoms with Crippen molar-refractivity contribution in [2.45, 2.75) is 98.1 Å². The second kappa shape index (κ2) is 12.7. The highest BCUT2D eigenvalue weighted by molar-refractivity contribution is 5.68. The van der Waals surface area contributed by atoms with Gasteiger partial charge in [-0.05, 0) is 46.6 Å². The van der Waals surface area contributed by atoms with Crippen molar-refractivity contribution in [2.75, 3.05) is 0 Å². The van der Waals surface area contributed by atoms with E-state index in [9.17, 15) is 4.79 Å². The molecule has 3 nitrogen and oxygen atoms in total. The fourth-order valence-corrected chi connectivity index (χ4v) is 2.47. The van der Waals surface area contributed by atoms with E-state index in [1.165, 1.54) is 44.9 Å². The smallest absolute Gasteiger partial charge is 0.415 e. The van der Waals surface area contributed by atoms with Gasteiger partial charge in [0.05, 0.1) is 6.26 Å². The lowest BCUT2D eigenvalue weighted by Crippen LogP contribution is -2.41. The van der Waals surface area contributed by atoms with Crippen LogP contribution in [0.4, 0.5) is 4.79 Å². The predicted molar refractivity (Wildman–Crippen MR) is 90.3 cm³/mol. The van der Waals surface area contributed by atoms with Crippen LogP contribution in [0, 0.1) is 0 Å². The molecule has 0 spiro atoms. The molecule has 0 aliphatic heterocycles. The highest BCUT2D eigenvalue weighted by Gasteiger charge is 2.20. The van der Waals surface area contributed by atoms with Crippen molar-refractivity contribution < 1.29 is 9.53 Å². The monoisotopic (exact) mass is 297 g/mol. The van der Waals surface area contributed by atoms with E-state index in [0.29, 0.717) is 0 Å². The van der Waals surface area contributed by atoms with Crippen LogP contribution in [0.1, 0.15) is 86.0 Å². The van der Waals surface area contributed by atoms with Crippen LogP contribution in [-0.4, -0.2) is 23.1 Å². The van der Waals surface area contributed by atoms with E-state index in [-0.39, 0.29) is 18.2 Å². The third-order valence-corrected chi connectivity index (χ3v) is 3.56. The molecule has 0 aliphatic rings. The Kier molecular flexibility index (Phi) is 12.1. The maximum Gasteiger partial charge on any atom is 0.415 e. The average molecular weight is 297 g/mol. The van der Waals surface area contributed by atoms with Crippen LogP contribution in [-0.2, 0) is 4.74 Å². The number of ether oxygens (including phenoxy) is 1. The van der Waals surface area contributed by atoms with Gasteiger partial charge in [0.25, 0.3) is 0 Å². The molecule has 0 aromatic rings. The van der Waals surface area contributed by atoms with Crippen molar-refractivity contribution in [1.82, 2.24) is 4.90 Å². The van der Waals surface area contributed by atoms with Gasteiger partial charge in [0.1, 0.15) is 0 Å². The standard InChI is InChI=1S/C18H35NO2/c1-6-7-8-9-10-11-12-13-14-15-21-18(20)19(16(2)3)17(4)5/h14-17H,6-13H2,1-5H3/b15-14-. The first-order valence-electron chi connectivity index (χ1n) is 8.64. The predicted octanol–water partition coefficient (Wildman–Crippen LogP) is 5.90. The first-order valence-corrected chi connectivity index (χ1v) is 8.64. The highest BCUT2D eigenvalue weighted by atomic mass is 16.5. The van der Waals surface area contributed by atoms with Gasteiger partial charge < -0.3 is 9.64 Å². The largest absolute Gasteiger partial charge is 0.418 e. The van der Waals surface area contributed by atoms with Crippen LogP contribution in [0.25, 0.3) is 0 Å². The summed E-state index contributed by atoms with van der Waals surface area (Å²) < 4.78 is 5.19. The number of hydrogen-bond donors (Lipinski definition) is 0. The summed E-state index contributed by atoms with van der Waals surface area (Å²) in [5, 5.41) is 0. The van der Waals surface area contributed by atoms with Crippen molar-refractivity contribution >= 4 is 6.09 Å². The third-order valence-electron chi connectivity index (χ3n) is 3.56. The molecule has 0 heterocycles. The van der Waals surface area contributed by atoms with Crippen LogP contribution in [0.15, 0.2) is 12.3 Å². The minimum Gasteiger partial charge on any atom is -0.418 e. The van der Waals surface area contributed by atoms with E-state index in [4.69, 9.17) is 4.74 Å². The Labute approximate surface area is 131 Å². The first kappa shape index (κ1) is 20.0. The Morgan fingerprint density at radius 2 is 1.48 bits per heavy atom. The molecule has 0 N–H and O–H groups in total. The van der Waals surface area contributed by atoms with Crippen molar-refractivity contribution in [3.8, 4) is 0 Å². The summed E-state index contributed by atoms with van der Waals surface area (Å²) in [6.45, 7) is 10.3. The number of nitrogens with zero attached hydrogens (tertiary/aromatic N) is 1. The molecule has 0 bridgehead atoms. The molecule has 0 rings (SSSR count). The molecule has 0 aliphatic carbocycles. The molecule has 124 valence electrons. The molecule has 0 fully saturated rings. The SMILES string of the molecule is CCCCCCCCC/C=C\OC(=O)N(C(C)C)C(C)C. The number of carbonyl (C=O) groups is 1. The molecule has 0 saturated heterocycles. The van der Waals surface area contributed by atoms with Crippen molar-refractivity contribution in [3.63, 3.8) is 0 Å². The summed E-state index contributed by atoms with van der Waals surface area (Å²) in [7, 11) is 0. The molecular formula is C18H35NO2. The van der Waals surface area contributed by atoms with Gasteiger partial charge in [0, 0.05) is 12.1 Å². The van der Waals surface area contributed by atoms with Gasteiger partial charge in [0.2, 0.25) is 0 Å². The Morgan fingerprint density at radius 1 is 0.952 bits per heavy atom. The van der Waals surface area contributed by atoms with Crippen molar-refractivity contribution in [3.05, 3.63) is 12.3 Å². The average Bonchev–Trinajstić information content (AvgIpc) is 2.40. The molecule has 1 amide bonds. The summed E-state index contributed by atoms with van der Waals surface area (Å²) in [4.78, 5) is 13.7. The van der Waals surface area contributed by atoms with Gasteiger partial charge in [0.15, 0.2) is 0 Å². The zero-order valence-electron chi connectivity index (χ0n) is 14.7. The van der Waals surface area contributed by atoms with Crippen LogP contribution in [0.2, 0.25) is 0 Å². The molecule has 0 radical (unpaired) electrons. The first-order chi connectivity index (χ1) is 10.0. The van der Waals surface area contributed by atoms with Gasteiger partial charge in [-0.15, -0.1) is 0 Å². The minimum atomic E-state index is -0.254. The summed E-state index contributed by atoms with van der Waals surface area (Å²) >= 11 is 0. The molecular weight excluding hydrogens is 262 g/mol. The van der Waals surface area contributed by atoms with E-state index >= 15 is 0 Å². The Hall–Kier alpha value is -0.990. The highest BCUT2D eigenvalue weighted by Crippen LogP contribution is 2.10. The minimum absolute atomic E-state index is 0.161. The lowest BCUT2D eigenvalue weighted by molar-refractivity contribution is 0.109. The fraction of sp³-hybridized carbons (Fsp3) is 0.833. The third kappa shape index (κ3) is 10.4. The molecule has 0 aromatic carbocycles. The topological polar surface area (TPSA) is 29.5 Å². The second-order valence-corrected chi connectivity index (χ2v) is 6.26. The Balaban J connectivity index is 3.69. The van der Waals surface area contributed by atoms with Crippen LogP contribution < -0.4 is 0 Å². The summed E-state index contributed by atoms with van der Waals surface area (Å²) in [6.07, 6.45) is 13.4. The fourth-order valence-electron chi connectivity index (χ4n) is 2.47. The van der Waals surface area contributed by atoms with E-state index < -0.39 is 0 Å². The molecule has 0 saturated carbocycles. The van der Waals surface area contributed by atoms with Gasteiger partial charge in [-0.1, -0.05) is 45.4 Å². The van der Waals surface area contributed by atoms with Crippen LogP contribution in [0.3, 0.4) is 0 Å². The normalized spacial score (nSPS) is 11.6. The number of allylic oxidation sites excluding steroid dienone is 1.